The first-order valence-electron chi connectivity index (χ1n) is 5.64. The predicted octanol–water partition coefficient (Wildman–Crippen LogP) is 2.70. The number of aliphatic hydroxyl groups excluding tert-OH is 1. The van der Waals surface area contributed by atoms with E-state index in [2.05, 4.69) is 4.98 Å². The van der Waals surface area contributed by atoms with Crippen molar-refractivity contribution in [2.45, 2.75) is 25.6 Å². The summed E-state index contributed by atoms with van der Waals surface area (Å²) in [7, 11) is 0. The van der Waals surface area contributed by atoms with Gasteiger partial charge in [-0.05, 0) is 36.1 Å². The molecule has 1 aliphatic carbocycles. The quantitative estimate of drug-likeness (QED) is 0.906. The zero-order valence-corrected chi connectivity index (χ0v) is 10.1. The third kappa shape index (κ3) is 2.18. The molecule has 1 heterocycles. The van der Waals surface area contributed by atoms with E-state index in [4.69, 9.17) is 4.74 Å². The van der Waals surface area contributed by atoms with Gasteiger partial charge in [0.1, 0.15) is 12.4 Å². The molecule has 1 atom stereocenters. The minimum absolute atomic E-state index is 0.291. The number of aromatic nitrogens is 1. The van der Waals surface area contributed by atoms with Gasteiger partial charge in [-0.1, -0.05) is 6.07 Å². The summed E-state index contributed by atoms with van der Waals surface area (Å²) >= 11 is 1.59. The van der Waals surface area contributed by atoms with Crippen molar-refractivity contribution < 1.29 is 9.84 Å². The summed E-state index contributed by atoms with van der Waals surface area (Å²) in [6, 6.07) is 5.93. The molecule has 0 fully saturated rings. The molecule has 17 heavy (non-hydrogen) atoms. The number of aliphatic hydroxyl groups is 1. The van der Waals surface area contributed by atoms with E-state index in [-0.39, 0.29) is 6.10 Å². The molecule has 1 aromatic heterocycles. The van der Waals surface area contributed by atoms with Gasteiger partial charge in [0.05, 0.1) is 16.5 Å². The van der Waals surface area contributed by atoms with E-state index in [0.29, 0.717) is 6.61 Å². The number of hydrogen-bond acceptors (Lipinski definition) is 4. The molecular formula is C13H13NO2S. The third-order valence-corrected chi connectivity index (χ3v) is 3.78. The molecule has 1 aliphatic rings. The largest absolute Gasteiger partial charge is 0.488 e. The maximum atomic E-state index is 9.70. The van der Waals surface area contributed by atoms with Crippen LogP contribution >= 0.6 is 11.3 Å². The van der Waals surface area contributed by atoms with Crippen molar-refractivity contribution in [1.29, 1.82) is 0 Å². The molecule has 3 rings (SSSR count). The highest BCUT2D eigenvalue weighted by atomic mass is 32.1. The Hall–Kier alpha value is -1.39. The first-order chi connectivity index (χ1) is 8.33. The zero-order chi connectivity index (χ0) is 11.7. The molecule has 0 saturated heterocycles. The summed E-state index contributed by atoms with van der Waals surface area (Å²) in [5.74, 6) is 0.867. The number of nitrogens with zero attached hydrogens (tertiary/aromatic N) is 1. The molecule has 4 heteroatoms. The van der Waals surface area contributed by atoms with E-state index >= 15 is 0 Å². The summed E-state index contributed by atoms with van der Waals surface area (Å²) in [6.07, 6.45) is 3.30. The number of rotatable bonds is 3. The van der Waals surface area contributed by atoms with Crippen LogP contribution in [0.4, 0.5) is 0 Å². The zero-order valence-electron chi connectivity index (χ0n) is 9.30. The molecule has 0 spiro atoms. The maximum absolute atomic E-state index is 9.70. The molecule has 0 unspecified atom stereocenters. The molecule has 0 radical (unpaired) electrons. The van der Waals surface area contributed by atoms with Crippen LogP contribution in [0.2, 0.25) is 0 Å². The van der Waals surface area contributed by atoms with Crippen LogP contribution in [0, 0.1) is 0 Å². The van der Waals surface area contributed by atoms with Gasteiger partial charge in [0.2, 0.25) is 0 Å². The SMILES string of the molecule is O[C@@H]1CCc2cc(OCc3cncs3)ccc21. The van der Waals surface area contributed by atoms with E-state index in [9.17, 15) is 5.11 Å². The lowest BCUT2D eigenvalue weighted by molar-refractivity contribution is 0.180. The van der Waals surface area contributed by atoms with Crippen LogP contribution in [0.25, 0.3) is 0 Å². The lowest BCUT2D eigenvalue weighted by atomic mass is 10.1. The standard InChI is InChI=1S/C13H13NO2S/c15-13-4-1-9-5-10(2-3-12(9)13)16-7-11-6-14-8-17-11/h2-3,5-6,8,13,15H,1,4,7H2/t13-/m1/s1. The lowest BCUT2D eigenvalue weighted by Crippen LogP contribution is -1.95. The van der Waals surface area contributed by atoms with Crippen LogP contribution in [0.3, 0.4) is 0 Å². The number of thiazole rings is 1. The number of ether oxygens (including phenoxy) is 1. The summed E-state index contributed by atoms with van der Waals surface area (Å²) < 4.78 is 5.70. The number of fused-ring (bicyclic) bond motifs is 1. The molecule has 0 aliphatic heterocycles. The Morgan fingerprint density at radius 3 is 3.24 bits per heavy atom. The van der Waals surface area contributed by atoms with Crippen LogP contribution in [0.5, 0.6) is 5.75 Å². The van der Waals surface area contributed by atoms with Gasteiger partial charge in [0.15, 0.2) is 0 Å². The van der Waals surface area contributed by atoms with E-state index < -0.39 is 0 Å². The molecule has 1 aromatic carbocycles. The fourth-order valence-corrected chi connectivity index (χ4v) is 2.63. The van der Waals surface area contributed by atoms with E-state index in [1.807, 2.05) is 24.4 Å². The normalized spacial score (nSPS) is 18.1. The second kappa shape index (κ2) is 4.47. The molecule has 0 saturated carbocycles. The Labute approximate surface area is 104 Å². The second-order valence-corrected chi connectivity index (χ2v) is 5.14. The van der Waals surface area contributed by atoms with Gasteiger partial charge < -0.3 is 9.84 Å². The highest BCUT2D eigenvalue weighted by Gasteiger charge is 2.20. The van der Waals surface area contributed by atoms with Crippen molar-refractivity contribution in [3.8, 4) is 5.75 Å². The van der Waals surface area contributed by atoms with Gasteiger partial charge in [-0.3, -0.25) is 4.98 Å². The first-order valence-corrected chi connectivity index (χ1v) is 6.52. The summed E-state index contributed by atoms with van der Waals surface area (Å²) in [5.41, 5.74) is 4.06. The molecule has 0 bridgehead atoms. The van der Waals surface area contributed by atoms with Gasteiger partial charge in [-0.25, -0.2) is 0 Å². The molecule has 1 N–H and O–H groups in total. The van der Waals surface area contributed by atoms with Crippen molar-refractivity contribution in [1.82, 2.24) is 4.98 Å². The molecule has 3 nitrogen and oxygen atoms in total. The summed E-state index contributed by atoms with van der Waals surface area (Å²) in [4.78, 5) is 5.12. The fourth-order valence-electron chi connectivity index (χ4n) is 2.13. The van der Waals surface area contributed by atoms with Crippen molar-refractivity contribution in [2.24, 2.45) is 0 Å². The van der Waals surface area contributed by atoms with Gasteiger partial charge in [0.25, 0.3) is 0 Å². The number of hydrogen-bond donors (Lipinski definition) is 1. The average molecular weight is 247 g/mol. The van der Waals surface area contributed by atoms with Gasteiger partial charge in [0, 0.05) is 6.20 Å². The average Bonchev–Trinajstić information content (AvgIpc) is 2.97. The smallest absolute Gasteiger partial charge is 0.124 e. The Bertz CT molecular complexity index is 510. The molecule has 88 valence electrons. The molecule has 2 aromatic rings. The van der Waals surface area contributed by atoms with Crippen molar-refractivity contribution in [3.05, 3.63) is 45.9 Å². The Balaban J connectivity index is 1.72. The molecular weight excluding hydrogens is 234 g/mol. The van der Waals surface area contributed by atoms with Crippen LogP contribution < -0.4 is 4.74 Å². The van der Waals surface area contributed by atoms with Crippen LogP contribution in [0.1, 0.15) is 28.5 Å². The lowest BCUT2D eigenvalue weighted by Gasteiger charge is -2.08. The highest BCUT2D eigenvalue weighted by molar-refractivity contribution is 7.09. The van der Waals surface area contributed by atoms with E-state index in [1.54, 1.807) is 16.8 Å². The first kappa shape index (κ1) is 10.7. The fraction of sp³-hybridized carbons (Fsp3) is 0.308. The van der Waals surface area contributed by atoms with Crippen molar-refractivity contribution >= 4 is 11.3 Å². The number of aryl methyl sites for hydroxylation is 1. The molecule has 0 amide bonds. The van der Waals surface area contributed by atoms with Crippen LogP contribution in [-0.4, -0.2) is 10.1 Å². The Kier molecular flexibility index (Phi) is 2.82. The van der Waals surface area contributed by atoms with Gasteiger partial charge in [-0.15, -0.1) is 11.3 Å². The van der Waals surface area contributed by atoms with Crippen LogP contribution in [0.15, 0.2) is 29.9 Å². The summed E-state index contributed by atoms with van der Waals surface area (Å²) in [5, 5.41) is 9.70. The van der Waals surface area contributed by atoms with E-state index in [1.165, 1.54) is 5.56 Å². The minimum atomic E-state index is -0.291. The predicted molar refractivity (Wildman–Crippen MR) is 66.2 cm³/mol. The summed E-state index contributed by atoms with van der Waals surface area (Å²) in [6.45, 7) is 0.562. The van der Waals surface area contributed by atoms with Crippen molar-refractivity contribution in [3.63, 3.8) is 0 Å². The monoisotopic (exact) mass is 247 g/mol. The van der Waals surface area contributed by atoms with E-state index in [0.717, 1.165) is 29.0 Å². The Morgan fingerprint density at radius 2 is 2.41 bits per heavy atom. The van der Waals surface area contributed by atoms with Crippen LogP contribution in [-0.2, 0) is 13.0 Å². The maximum Gasteiger partial charge on any atom is 0.124 e. The Morgan fingerprint density at radius 1 is 1.47 bits per heavy atom. The van der Waals surface area contributed by atoms with Gasteiger partial charge in [-0.2, -0.15) is 0 Å². The minimum Gasteiger partial charge on any atom is -0.488 e. The topological polar surface area (TPSA) is 42.4 Å². The van der Waals surface area contributed by atoms with Gasteiger partial charge >= 0.3 is 0 Å². The highest BCUT2D eigenvalue weighted by Crippen LogP contribution is 2.33. The third-order valence-electron chi connectivity index (χ3n) is 3.03. The second-order valence-electron chi connectivity index (χ2n) is 4.17. The number of benzene rings is 1. The van der Waals surface area contributed by atoms with Crippen molar-refractivity contribution in [2.75, 3.05) is 0 Å².